The van der Waals surface area contributed by atoms with Crippen molar-refractivity contribution in [2.75, 3.05) is 5.43 Å². The van der Waals surface area contributed by atoms with E-state index in [1.807, 2.05) is 18.4 Å². The first-order chi connectivity index (χ1) is 11.5. The summed E-state index contributed by atoms with van der Waals surface area (Å²) in [7, 11) is 0. The summed E-state index contributed by atoms with van der Waals surface area (Å²) in [5.41, 5.74) is 6.23. The molecule has 0 bridgehead atoms. The summed E-state index contributed by atoms with van der Waals surface area (Å²) in [6, 6.07) is 12.2. The summed E-state index contributed by atoms with van der Waals surface area (Å²) < 4.78 is 0. The molecule has 3 aromatic rings. The van der Waals surface area contributed by atoms with E-state index in [1.54, 1.807) is 36.4 Å². The number of rotatable bonds is 4. The van der Waals surface area contributed by atoms with Crippen molar-refractivity contribution >= 4 is 45.4 Å². The fourth-order valence-corrected chi connectivity index (χ4v) is 3.20. The molecular formula is C17H13Cl2N3OS. The molecule has 7 heteroatoms. The average molecular weight is 378 g/mol. The van der Waals surface area contributed by atoms with Gasteiger partial charge in [0.15, 0.2) is 0 Å². The van der Waals surface area contributed by atoms with E-state index < -0.39 is 0 Å². The SMILES string of the molecule is C/C(=N/Nc1nc(-c2ccc(Cl)cc2Cl)cs1)c1ccc(O)cc1. The van der Waals surface area contributed by atoms with Crippen molar-refractivity contribution in [1.82, 2.24) is 4.98 Å². The van der Waals surface area contributed by atoms with Crippen LogP contribution in [-0.4, -0.2) is 15.8 Å². The molecule has 0 aliphatic heterocycles. The van der Waals surface area contributed by atoms with Gasteiger partial charge in [0.1, 0.15) is 5.75 Å². The highest BCUT2D eigenvalue weighted by Crippen LogP contribution is 2.32. The molecule has 3 rings (SSSR count). The van der Waals surface area contributed by atoms with E-state index in [0.717, 1.165) is 22.5 Å². The number of phenolic OH excluding ortho intramolecular Hbond substituents is 1. The first kappa shape index (κ1) is 16.8. The number of hydrogen-bond acceptors (Lipinski definition) is 5. The summed E-state index contributed by atoms with van der Waals surface area (Å²) in [6.07, 6.45) is 0. The van der Waals surface area contributed by atoms with E-state index in [2.05, 4.69) is 15.5 Å². The molecule has 0 aliphatic rings. The van der Waals surface area contributed by atoms with E-state index in [-0.39, 0.29) is 5.75 Å². The predicted molar refractivity (Wildman–Crippen MR) is 102 cm³/mol. The number of halogens is 2. The zero-order valence-corrected chi connectivity index (χ0v) is 15.0. The molecule has 4 nitrogen and oxygen atoms in total. The first-order valence-electron chi connectivity index (χ1n) is 7.03. The first-order valence-corrected chi connectivity index (χ1v) is 8.67. The average Bonchev–Trinajstić information content (AvgIpc) is 3.02. The number of hydrogen-bond donors (Lipinski definition) is 2. The molecular weight excluding hydrogens is 365 g/mol. The lowest BCUT2D eigenvalue weighted by atomic mass is 10.1. The molecule has 24 heavy (non-hydrogen) atoms. The zero-order valence-electron chi connectivity index (χ0n) is 12.6. The van der Waals surface area contributed by atoms with E-state index in [4.69, 9.17) is 23.2 Å². The normalized spacial score (nSPS) is 11.5. The largest absolute Gasteiger partial charge is 0.508 e. The Bertz CT molecular complexity index is 891. The van der Waals surface area contributed by atoms with Crippen LogP contribution in [-0.2, 0) is 0 Å². The molecule has 0 saturated carbocycles. The van der Waals surface area contributed by atoms with Crippen LogP contribution in [0.5, 0.6) is 5.75 Å². The van der Waals surface area contributed by atoms with Crippen molar-refractivity contribution in [2.24, 2.45) is 5.10 Å². The van der Waals surface area contributed by atoms with Crippen LogP contribution in [0.25, 0.3) is 11.3 Å². The number of benzene rings is 2. The van der Waals surface area contributed by atoms with Gasteiger partial charge >= 0.3 is 0 Å². The van der Waals surface area contributed by atoms with Gasteiger partial charge in [-0.1, -0.05) is 23.2 Å². The number of nitrogens with zero attached hydrogens (tertiary/aromatic N) is 2. The Hall–Kier alpha value is -2.08. The molecule has 0 saturated heterocycles. The van der Waals surface area contributed by atoms with Crippen molar-refractivity contribution in [2.45, 2.75) is 6.92 Å². The second-order valence-corrected chi connectivity index (χ2v) is 6.72. The fraction of sp³-hybridized carbons (Fsp3) is 0.0588. The van der Waals surface area contributed by atoms with Gasteiger partial charge in [0.2, 0.25) is 5.13 Å². The summed E-state index contributed by atoms with van der Waals surface area (Å²) >= 11 is 13.6. The van der Waals surface area contributed by atoms with Crippen LogP contribution in [0.1, 0.15) is 12.5 Å². The summed E-state index contributed by atoms with van der Waals surface area (Å²) in [6.45, 7) is 1.88. The van der Waals surface area contributed by atoms with Crippen LogP contribution >= 0.6 is 34.5 Å². The number of thiazole rings is 1. The Labute approximate surface area is 153 Å². The predicted octanol–water partition coefficient (Wildman–Crippen LogP) is 5.66. The Kier molecular flexibility index (Phi) is 5.04. The third kappa shape index (κ3) is 3.87. The van der Waals surface area contributed by atoms with Crippen molar-refractivity contribution in [3.63, 3.8) is 0 Å². The summed E-state index contributed by atoms with van der Waals surface area (Å²) in [5, 5.41) is 17.3. The minimum absolute atomic E-state index is 0.226. The Balaban J connectivity index is 1.76. The maximum absolute atomic E-state index is 9.31. The fourth-order valence-electron chi connectivity index (χ4n) is 2.04. The zero-order chi connectivity index (χ0) is 17.1. The second kappa shape index (κ2) is 7.21. The molecule has 0 radical (unpaired) electrons. The topological polar surface area (TPSA) is 57.5 Å². The lowest BCUT2D eigenvalue weighted by Crippen LogP contribution is -1.99. The van der Waals surface area contributed by atoms with Gasteiger partial charge in [-0.3, -0.25) is 5.43 Å². The quantitative estimate of drug-likeness (QED) is 0.455. The molecule has 0 atom stereocenters. The molecule has 0 spiro atoms. The van der Waals surface area contributed by atoms with Gasteiger partial charge < -0.3 is 5.11 Å². The van der Waals surface area contributed by atoms with Gasteiger partial charge in [0, 0.05) is 16.0 Å². The number of phenols is 1. The van der Waals surface area contributed by atoms with Crippen molar-refractivity contribution < 1.29 is 5.11 Å². The Morgan fingerprint density at radius 1 is 1.17 bits per heavy atom. The number of anilines is 1. The highest BCUT2D eigenvalue weighted by molar-refractivity contribution is 7.14. The van der Waals surface area contributed by atoms with Gasteiger partial charge in [-0.25, -0.2) is 4.98 Å². The van der Waals surface area contributed by atoms with Crippen molar-refractivity contribution in [3.05, 3.63) is 63.5 Å². The van der Waals surface area contributed by atoms with Crippen LogP contribution in [0.2, 0.25) is 10.0 Å². The third-order valence-electron chi connectivity index (χ3n) is 3.32. The highest BCUT2D eigenvalue weighted by Gasteiger charge is 2.09. The monoisotopic (exact) mass is 377 g/mol. The minimum Gasteiger partial charge on any atom is -0.508 e. The molecule has 1 heterocycles. The Morgan fingerprint density at radius 2 is 1.92 bits per heavy atom. The van der Waals surface area contributed by atoms with Gasteiger partial charge in [-0.05, 0) is 55.0 Å². The lowest BCUT2D eigenvalue weighted by Gasteiger charge is -2.02. The molecule has 0 unspecified atom stereocenters. The number of aromatic hydroxyl groups is 1. The van der Waals surface area contributed by atoms with E-state index in [1.165, 1.54) is 11.3 Å². The minimum atomic E-state index is 0.226. The van der Waals surface area contributed by atoms with Gasteiger partial charge in [0.25, 0.3) is 0 Å². The van der Waals surface area contributed by atoms with Crippen LogP contribution in [0.3, 0.4) is 0 Å². The van der Waals surface area contributed by atoms with Gasteiger partial charge in [0.05, 0.1) is 16.4 Å². The van der Waals surface area contributed by atoms with E-state index in [9.17, 15) is 5.11 Å². The molecule has 0 aliphatic carbocycles. The maximum Gasteiger partial charge on any atom is 0.203 e. The lowest BCUT2D eigenvalue weighted by molar-refractivity contribution is 0.475. The van der Waals surface area contributed by atoms with Crippen LogP contribution in [0.4, 0.5) is 5.13 Å². The summed E-state index contributed by atoms with van der Waals surface area (Å²) in [5.74, 6) is 0.226. The smallest absolute Gasteiger partial charge is 0.203 e. The van der Waals surface area contributed by atoms with Crippen molar-refractivity contribution in [1.29, 1.82) is 0 Å². The van der Waals surface area contributed by atoms with Crippen LogP contribution < -0.4 is 5.43 Å². The molecule has 2 aromatic carbocycles. The Morgan fingerprint density at radius 3 is 2.62 bits per heavy atom. The third-order valence-corrected chi connectivity index (χ3v) is 4.61. The van der Waals surface area contributed by atoms with Crippen molar-refractivity contribution in [3.8, 4) is 17.0 Å². The maximum atomic E-state index is 9.31. The highest BCUT2D eigenvalue weighted by atomic mass is 35.5. The molecule has 122 valence electrons. The van der Waals surface area contributed by atoms with Crippen LogP contribution in [0, 0.1) is 0 Å². The number of aromatic nitrogens is 1. The number of hydrazone groups is 1. The van der Waals surface area contributed by atoms with E-state index >= 15 is 0 Å². The summed E-state index contributed by atoms with van der Waals surface area (Å²) in [4.78, 5) is 4.48. The second-order valence-electron chi connectivity index (χ2n) is 5.02. The number of nitrogens with one attached hydrogen (secondary N) is 1. The van der Waals surface area contributed by atoms with Gasteiger partial charge in [-0.2, -0.15) is 5.10 Å². The van der Waals surface area contributed by atoms with Crippen LogP contribution in [0.15, 0.2) is 52.9 Å². The molecule has 1 aromatic heterocycles. The molecule has 0 amide bonds. The molecule has 0 fully saturated rings. The van der Waals surface area contributed by atoms with Gasteiger partial charge in [-0.15, -0.1) is 11.3 Å². The molecule has 2 N–H and O–H groups in total. The standard InChI is InChI=1S/C17H13Cl2N3OS/c1-10(11-2-5-13(23)6-3-11)21-22-17-20-16(9-24-17)14-7-4-12(18)8-15(14)19/h2-9,23H,1H3,(H,20,22)/b21-10-. The van der Waals surface area contributed by atoms with E-state index in [0.29, 0.717) is 15.2 Å².